The van der Waals surface area contributed by atoms with Crippen molar-refractivity contribution in [1.82, 2.24) is 20.8 Å². The number of carbonyl (C=O) groups excluding carboxylic acids is 2. The van der Waals surface area contributed by atoms with Gasteiger partial charge in [-0.25, -0.2) is 4.79 Å². The van der Waals surface area contributed by atoms with E-state index >= 15 is 0 Å². The Hall–Kier alpha value is -2.06. The van der Waals surface area contributed by atoms with Crippen molar-refractivity contribution in [2.24, 2.45) is 0 Å². The Kier molecular flexibility index (Phi) is 6.22. The highest BCUT2D eigenvalue weighted by molar-refractivity contribution is 8.00. The fraction of sp³-hybridized carbons (Fsp3) is 0.333. The topological polar surface area (TPSA) is 97.1 Å². The van der Waals surface area contributed by atoms with Crippen molar-refractivity contribution >= 4 is 35.3 Å². The van der Waals surface area contributed by atoms with Crippen molar-refractivity contribution < 1.29 is 14.0 Å². The Bertz CT molecular complexity index is 735. The molecule has 0 saturated heterocycles. The lowest BCUT2D eigenvalue weighted by Crippen LogP contribution is -2.45. The van der Waals surface area contributed by atoms with Crippen molar-refractivity contribution in [1.29, 1.82) is 0 Å². The summed E-state index contributed by atoms with van der Waals surface area (Å²) < 4.78 is 5.52. The Morgan fingerprint density at radius 1 is 1.25 bits per heavy atom. The molecule has 0 fully saturated rings. The smallest absolute Gasteiger partial charge is 0.321 e. The second kappa shape index (κ2) is 8.16. The molecule has 3 amide bonds. The molecule has 0 aliphatic rings. The van der Waals surface area contributed by atoms with Gasteiger partial charge in [-0.05, 0) is 39.0 Å². The van der Waals surface area contributed by atoms with Gasteiger partial charge in [-0.3, -0.25) is 10.1 Å². The third-order valence-corrected chi connectivity index (χ3v) is 3.95. The minimum atomic E-state index is -0.574. The first-order chi connectivity index (χ1) is 11.3. The molecule has 0 unspecified atom stereocenters. The van der Waals surface area contributed by atoms with Gasteiger partial charge in [0, 0.05) is 16.6 Å². The summed E-state index contributed by atoms with van der Waals surface area (Å²) >= 11 is 6.99. The Balaban J connectivity index is 1.96. The summed E-state index contributed by atoms with van der Waals surface area (Å²) in [4.78, 5) is 23.5. The zero-order valence-electron chi connectivity index (χ0n) is 13.4. The Morgan fingerprint density at radius 2 is 2.00 bits per heavy atom. The molecule has 1 aromatic carbocycles. The van der Waals surface area contributed by atoms with Crippen LogP contribution in [0.1, 0.15) is 20.8 Å². The zero-order chi connectivity index (χ0) is 17.7. The SMILES string of the molecule is CC(C)NC(=O)NC(=O)[C@@H](C)Sc1nnc(-c2cccc(Cl)c2)o1. The highest BCUT2D eigenvalue weighted by atomic mass is 35.5. The number of nitrogens with one attached hydrogen (secondary N) is 2. The summed E-state index contributed by atoms with van der Waals surface area (Å²) in [6.45, 7) is 5.25. The number of hydrogen-bond donors (Lipinski definition) is 2. The van der Waals surface area contributed by atoms with Crippen molar-refractivity contribution in [2.45, 2.75) is 37.3 Å². The molecular weight excluding hydrogens is 352 g/mol. The third-order valence-electron chi connectivity index (χ3n) is 2.78. The number of hydrogen-bond acceptors (Lipinski definition) is 6. The number of aromatic nitrogens is 2. The van der Waals surface area contributed by atoms with E-state index in [0.717, 1.165) is 11.8 Å². The number of rotatable bonds is 5. The number of thioether (sulfide) groups is 1. The van der Waals surface area contributed by atoms with Crippen LogP contribution in [-0.2, 0) is 4.79 Å². The first-order valence-electron chi connectivity index (χ1n) is 7.22. The minimum absolute atomic E-state index is 0.0584. The summed E-state index contributed by atoms with van der Waals surface area (Å²) in [5, 5.41) is 12.9. The van der Waals surface area contributed by atoms with Crippen LogP contribution in [0, 0.1) is 0 Å². The molecule has 2 aromatic rings. The van der Waals surface area contributed by atoms with Crippen LogP contribution in [0.2, 0.25) is 5.02 Å². The van der Waals surface area contributed by atoms with E-state index in [1.807, 2.05) is 0 Å². The normalized spacial score (nSPS) is 12.0. The van der Waals surface area contributed by atoms with Crippen LogP contribution in [0.5, 0.6) is 0 Å². The van der Waals surface area contributed by atoms with Crippen LogP contribution in [0.3, 0.4) is 0 Å². The summed E-state index contributed by atoms with van der Waals surface area (Å²) in [6.07, 6.45) is 0. The van der Waals surface area contributed by atoms with Gasteiger partial charge in [0.25, 0.3) is 5.22 Å². The summed E-state index contributed by atoms with van der Waals surface area (Å²) in [7, 11) is 0. The van der Waals surface area contributed by atoms with E-state index < -0.39 is 17.2 Å². The van der Waals surface area contributed by atoms with Crippen LogP contribution < -0.4 is 10.6 Å². The zero-order valence-corrected chi connectivity index (χ0v) is 14.9. The van der Waals surface area contributed by atoms with E-state index in [9.17, 15) is 9.59 Å². The monoisotopic (exact) mass is 368 g/mol. The van der Waals surface area contributed by atoms with Gasteiger partial charge in [-0.15, -0.1) is 10.2 Å². The van der Waals surface area contributed by atoms with Gasteiger partial charge in [0.1, 0.15) is 0 Å². The van der Waals surface area contributed by atoms with Crippen LogP contribution in [0.15, 0.2) is 33.9 Å². The maximum absolute atomic E-state index is 12.0. The molecule has 128 valence electrons. The number of carbonyl (C=O) groups is 2. The molecule has 0 saturated carbocycles. The Labute approximate surface area is 148 Å². The number of halogens is 1. The molecule has 9 heteroatoms. The lowest BCUT2D eigenvalue weighted by atomic mass is 10.2. The van der Waals surface area contributed by atoms with Crippen LogP contribution in [-0.4, -0.2) is 33.4 Å². The molecule has 24 heavy (non-hydrogen) atoms. The standard InChI is InChI=1S/C15H17ClN4O3S/c1-8(2)17-14(22)18-12(21)9(3)24-15-20-19-13(23-15)10-5-4-6-11(16)7-10/h4-9H,1-3H3,(H2,17,18,21,22)/t9-/m1/s1. The first-order valence-corrected chi connectivity index (χ1v) is 8.48. The molecule has 0 bridgehead atoms. The predicted octanol–water partition coefficient (Wildman–Crippen LogP) is 3.10. The molecule has 0 aliphatic heterocycles. The lowest BCUT2D eigenvalue weighted by molar-refractivity contribution is -0.119. The average Bonchev–Trinajstić information content (AvgIpc) is 2.94. The molecule has 0 radical (unpaired) electrons. The number of nitrogens with zero attached hydrogens (tertiary/aromatic N) is 2. The maximum atomic E-state index is 12.0. The summed E-state index contributed by atoms with van der Waals surface area (Å²) in [6, 6.07) is 6.42. The quantitative estimate of drug-likeness (QED) is 0.787. The van der Waals surface area contributed by atoms with Gasteiger partial charge in [0.05, 0.1) is 5.25 Å². The number of amides is 3. The molecule has 7 nitrogen and oxygen atoms in total. The second-order valence-corrected chi connectivity index (χ2v) is 6.99. The summed E-state index contributed by atoms with van der Waals surface area (Å²) in [5.74, 6) is -0.134. The predicted molar refractivity (Wildman–Crippen MR) is 91.9 cm³/mol. The van der Waals surface area contributed by atoms with Gasteiger partial charge < -0.3 is 9.73 Å². The van der Waals surface area contributed by atoms with E-state index in [4.69, 9.17) is 16.0 Å². The fourth-order valence-corrected chi connectivity index (χ4v) is 2.59. The first kappa shape index (κ1) is 18.3. The largest absolute Gasteiger partial charge is 0.411 e. The second-order valence-electron chi connectivity index (χ2n) is 5.26. The van der Waals surface area contributed by atoms with Gasteiger partial charge in [-0.2, -0.15) is 0 Å². The van der Waals surface area contributed by atoms with E-state index in [1.165, 1.54) is 0 Å². The number of benzene rings is 1. The fourth-order valence-electron chi connectivity index (χ4n) is 1.71. The minimum Gasteiger partial charge on any atom is -0.411 e. The van der Waals surface area contributed by atoms with E-state index in [2.05, 4.69) is 20.8 Å². The van der Waals surface area contributed by atoms with E-state index in [1.54, 1.807) is 45.0 Å². The Morgan fingerprint density at radius 3 is 2.67 bits per heavy atom. The van der Waals surface area contributed by atoms with Crippen LogP contribution in [0.25, 0.3) is 11.5 Å². The number of urea groups is 1. The highest BCUT2D eigenvalue weighted by Gasteiger charge is 2.20. The molecule has 2 N–H and O–H groups in total. The average molecular weight is 369 g/mol. The van der Waals surface area contributed by atoms with E-state index in [-0.39, 0.29) is 11.3 Å². The number of imide groups is 1. The van der Waals surface area contributed by atoms with Gasteiger partial charge >= 0.3 is 6.03 Å². The van der Waals surface area contributed by atoms with Crippen molar-refractivity contribution in [3.63, 3.8) is 0 Å². The molecule has 0 aliphatic carbocycles. The van der Waals surface area contributed by atoms with Crippen molar-refractivity contribution in [3.8, 4) is 11.5 Å². The molecular formula is C15H17ClN4O3S. The highest BCUT2D eigenvalue weighted by Crippen LogP contribution is 2.27. The van der Waals surface area contributed by atoms with Gasteiger partial charge in [0.15, 0.2) is 0 Å². The van der Waals surface area contributed by atoms with Gasteiger partial charge in [0.2, 0.25) is 11.8 Å². The third kappa shape index (κ3) is 5.24. The molecule has 1 heterocycles. The van der Waals surface area contributed by atoms with Crippen LogP contribution >= 0.6 is 23.4 Å². The van der Waals surface area contributed by atoms with Gasteiger partial charge in [-0.1, -0.05) is 29.4 Å². The molecule has 0 spiro atoms. The van der Waals surface area contributed by atoms with Crippen molar-refractivity contribution in [3.05, 3.63) is 29.3 Å². The molecule has 1 aromatic heterocycles. The van der Waals surface area contributed by atoms with E-state index in [0.29, 0.717) is 16.5 Å². The maximum Gasteiger partial charge on any atom is 0.321 e. The molecule has 2 rings (SSSR count). The van der Waals surface area contributed by atoms with Crippen molar-refractivity contribution in [2.75, 3.05) is 0 Å². The molecule has 1 atom stereocenters. The lowest BCUT2D eigenvalue weighted by Gasteiger charge is -2.11. The summed E-state index contributed by atoms with van der Waals surface area (Å²) in [5.41, 5.74) is 0.690. The van der Waals surface area contributed by atoms with Crippen LogP contribution in [0.4, 0.5) is 4.79 Å².